The minimum absolute atomic E-state index is 0.0601. The summed E-state index contributed by atoms with van der Waals surface area (Å²) in [6.07, 6.45) is 6.57. The van der Waals surface area contributed by atoms with E-state index in [4.69, 9.17) is 0 Å². The number of pyridine rings is 1. The van der Waals surface area contributed by atoms with Crippen LogP contribution < -0.4 is 5.56 Å². The summed E-state index contributed by atoms with van der Waals surface area (Å²) in [7, 11) is 0. The van der Waals surface area contributed by atoms with Gasteiger partial charge in [-0.05, 0) is 60.2 Å². The van der Waals surface area contributed by atoms with Crippen LogP contribution in [0.15, 0.2) is 95.8 Å². The second-order valence-corrected chi connectivity index (χ2v) is 9.25. The first-order valence-electron chi connectivity index (χ1n) is 12.8. The number of fused-ring (bicyclic) bond motifs is 8. The van der Waals surface area contributed by atoms with Crippen molar-refractivity contribution in [2.45, 2.75) is 26.7 Å². The Hall–Kier alpha value is -4.37. The monoisotopic (exact) mass is 466 g/mol. The van der Waals surface area contributed by atoms with Crippen LogP contribution in [0, 0.1) is 0 Å². The second-order valence-electron chi connectivity index (χ2n) is 9.25. The van der Waals surface area contributed by atoms with E-state index in [1.807, 2.05) is 36.4 Å². The molecule has 0 saturated heterocycles. The summed E-state index contributed by atoms with van der Waals surface area (Å²) in [6.45, 7) is 4.00. The van der Waals surface area contributed by atoms with Gasteiger partial charge in [-0.15, -0.1) is 0 Å². The van der Waals surface area contributed by atoms with Crippen molar-refractivity contribution in [3.63, 3.8) is 0 Å². The lowest BCUT2D eigenvalue weighted by Gasteiger charge is -2.11. The average molecular weight is 467 g/mol. The van der Waals surface area contributed by atoms with E-state index in [-0.39, 0.29) is 5.56 Å². The van der Waals surface area contributed by atoms with Gasteiger partial charge in [-0.2, -0.15) is 0 Å². The Balaban J connectivity index is 0.00000108. The number of hydrogen-bond donors (Lipinski definition) is 0. The predicted octanol–water partition coefficient (Wildman–Crippen LogP) is 8.13. The fourth-order valence-electron chi connectivity index (χ4n) is 6.10. The predicted molar refractivity (Wildman–Crippen MR) is 153 cm³/mol. The largest absolute Gasteiger partial charge is 0.310 e. The number of rotatable bonds is 1. The van der Waals surface area contributed by atoms with Gasteiger partial charge in [-0.1, -0.05) is 74.5 Å². The third kappa shape index (κ3) is 2.66. The van der Waals surface area contributed by atoms with Crippen LogP contribution in [0.25, 0.3) is 60.6 Å². The Labute approximate surface area is 208 Å². The number of para-hydroxylation sites is 2. The van der Waals surface area contributed by atoms with Gasteiger partial charge in [0.05, 0.1) is 16.6 Å². The summed E-state index contributed by atoms with van der Waals surface area (Å²) in [6, 6.07) is 29.5. The molecule has 8 rings (SSSR count). The number of nitrogens with zero attached hydrogens (tertiary/aromatic N) is 2. The summed E-state index contributed by atoms with van der Waals surface area (Å²) in [5.74, 6) is 0. The smallest absolute Gasteiger partial charge is 0.263 e. The molecule has 0 atom stereocenters. The molecule has 0 saturated carbocycles. The summed E-state index contributed by atoms with van der Waals surface area (Å²) >= 11 is 0. The zero-order chi connectivity index (χ0) is 24.4. The van der Waals surface area contributed by atoms with Crippen LogP contribution in [0.4, 0.5) is 0 Å². The Morgan fingerprint density at radius 2 is 1.33 bits per heavy atom. The molecule has 36 heavy (non-hydrogen) atoms. The molecule has 7 aromatic rings. The van der Waals surface area contributed by atoms with Gasteiger partial charge < -0.3 is 4.57 Å². The number of benzene rings is 4. The normalized spacial score (nSPS) is 13.1. The van der Waals surface area contributed by atoms with Crippen molar-refractivity contribution < 1.29 is 0 Å². The van der Waals surface area contributed by atoms with E-state index in [0.717, 1.165) is 56.5 Å². The molecule has 174 valence electrons. The average Bonchev–Trinajstić information content (AvgIpc) is 3.45. The maximum atomic E-state index is 13.8. The molecule has 0 unspecified atom stereocenters. The Morgan fingerprint density at radius 3 is 2.14 bits per heavy atom. The minimum Gasteiger partial charge on any atom is -0.310 e. The molecule has 3 nitrogen and oxygen atoms in total. The molecular weight excluding hydrogens is 440 g/mol. The maximum Gasteiger partial charge on any atom is 0.263 e. The third-order valence-electron chi connectivity index (χ3n) is 7.52. The van der Waals surface area contributed by atoms with E-state index in [1.165, 1.54) is 22.2 Å². The molecule has 0 bridgehead atoms. The summed E-state index contributed by atoms with van der Waals surface area (Å²) < 4.78 is 4.33. The van der Waals surface area contributed by atoms with E-state index in [0.29, 0.717) is 0 Å². The van der Waals surface area contributed by atoms with Gasteiger partial charge in [-0.25, -0.2) is 0 Å². The number of hydrogen-bond acceptors (Lipinski definition) is 1. The quantitative estimate of drug-likeness (QED) is 0.224. The third-order valence-corrected chi connectivity index (χ3v) is 7.52. The highest BCUT2D eigenvalue weighted by atomic mass is 16.1. The van der Waals surface area contributed by atoms with Gasteiger partial charge in [0.15, 0.2) is 0 Å². The first-order valence-corrected chi connectivity index (χ1v) is 12.8. The van der Waals surface area contributed by atoms with Crippen molar-refractivity contribution in [3.05, 3.63) is 113 Å². The highest BCUT2D eigenvalue weighted by Crippen LogP contribution is 2.40. The van der Waals surface area contributed by atoms with E-state index in [2.05, 4.69) is 83.4 Å². The van der Waals surface area contributed by atoms with Gasteiger partial charge >= 0.3 is 0 Å². The molecule has 0 fully saturated rings. The molecule has 0 amide bonds. The van der Waals surface area contributed by atoms with E-state index in [1.54, 1.807) is 0 Å². The van der Waals surface area contributed by atoms with Crippen LogP contribution in [0.5, 0.6) is 0 Å². The first kappa shape index (κ1) is 21.0. The molecule has 1 aliphatic rings. The van der Waals surface area contributed by atoms with Crippen molar-refractivity contribution in [2.75, 3.05) is 0 Å². The summed E-state index contributed by atoms with van der Waals surface area (Å²) in [4.78, 5) is 13.8. The van der Waals surface area contributed by atoms with Crippen LogP contribution in [-0.2, 0) is 6.42 Å². The zero-order valence-electron chi connectivity index (χ0n) is 20.5. The summed E-state index contributed by atoms with van der Waals surface area (Å²) in [5, 5.41) is 6.42. The molecular formula is C33H26N2O. The maximum absolute atomic E-state index is 13.8. The molecule has 4 aromatic carbocycles. The zero-order valence-corrected chi connectivity index (χ0v) is 20.5. The van der Waals surface area contributed by atoms with Gasteiger partial charge in [0.25, 0.3) is 5.56 Å². The molecule has 1 aliphatic carbocycles. The number of aromatic nitrogens is 2. The molecule has 0 spiro atoms. The van der Waals surface area contributed by atoms with Crippen molar-refractivity contribution in [2.24, 2.45) is 0 Å². The van der Waals surface area contributed by atoms with Crippen LogP contribution in [0.1, 0.15) is 31.5 Å². The lowest BCUT2D eigenvalue weighted by Crippen LogP contribution is -2.12. The van der Waals surface area contributed by atoms with Crippen LogP contribution in [0.3, 0.4) is 0 Å². The second kappa shape index (κ2) is 7.82. The first-order chi connectivity index (χ1) is 17.8. The molecule has 0 N–H and O–H groups in total. The fourth-order valence-corrected chi connectivity index (χ4v) is 6.10. The van der Waals surface area contributed by atoms with E-state index >= 15 is 0 Å². The highest BCUT2D eigenvalue weighted by molar-refractivity contribution is 6.22. The molecule has 0 aliphatic heterocycles. The molecule has 3 aromatic heterocycles. The Bertz CT molecular complexity index is 2020. The molecule has 0 radical (unpaired) electrons. The van der Waals surface area contributed by atoms with Gasteiger partial charge in [0.2, 0.25) is 0 Å². The van der Waals surface area contributed by atoms with Crippen molar-refractivity contribution >= 4 is 54.9 Å². The van der Waals surface area contributed by atoms with E-state index in [9.17, 15) is 4.79 Å². The Morgan fingerprint density at radius 1 is 0.667 bits per heavy atom. The van der Waals surface area contributed by atoms with Gasteiger partial charge in [0, 0.05) is 38.3 Å². The lowest BCUT2D eigenvalue weighted by molar-refractivity contribution is 0.967. The van der Waals surface area contributed by atoms with Crippen LogP contribution in [0.2, 0.25) is 0 Å². The number of aryl methyl sites for hydroxylation is 1. The van der Waals surface area contributed by atoms with Crippen molar-refractivity contribution in [3.8, 4) is 5.69 Å². The highest BCUT2D eigenvalue weighted by Gasteiger charge is 2.22. The van der Waals surface area contributed by atoms with Gasteiger partial charge in [0.1, 0.15) is 0 Å². The summed E-state index contributed by atoms with van der Waals surface area (Å²) in [5.41, 5.74) is 7.06. The van der Waals surface area contributed by atoms with Crippen molar-refractivity contribution in [1.29, 1.82) is 0 Å². The Kier molecular flexibility index (Phi) is 4.55. The molecule has 3 heteroatoms. The molecule has 3 heterocycles. The van der Waals surface area contributed by atoms with Crippen LogP contribution in [-0.4, -0.2) is 8.97 Å². The fraction of sp³-hybridized carbons (Fsp3) is 0.121. The van der Waals surface area contributed by atoms with Gasteiger partial charge in [-0.3, -0.25) is 9.20 Å². The minimum atomic E-state index is 0.0601. The topological polar surface area (TPSA) is 26.4 Å². The van der Waals surface area contributed by atoms with Crippen LogP contribution >= 0.6 is 0 Å². The number of allylic oxidation sites excluding steroid dienone is 1. The lowest BCUT2D eigenvalue weighted by atomic mass is 10.00. The van der Waals surface area contributed by atoms with E-state index < -0.39 is 0 Å². The SMILES string of the molecule is CC.O=c1c2ccccc2c2cccc3c4cc5c(cc4n1c23)c1c(n5-c2ccccc2)C=CCC1. The standard InChI is InChI=1S/C31H20N2O.C2H6/c34-31-24-13-5-4-11-20(24)22-14-8-15-23-26-18-28-25(17-29(26)33(31)30(22)23)21-12-6-7-16-27(21)32(28)19-9-2-1-3-10-19;1-2/h1-5,7-11,13-18H,6,12H2;1-2H3. The van der Waals surface area contributed by atoms with Crippen molar-refractivity contribution in [1.82, 2.24) is 8.97 Å².